The van der Waals surface area contributed by atoms with Crippen LogP contribution in [0.4, 0.5) is 4.79 Å². The lowest BCUT2D eigenvalue weighted by atomic mass is 10.0. The van der Waals surface area contributed by atoms with Gasteiger partial charge < -0.3 is 20.7 Å². The summed E-state index contributed by atoms with van der Waals surface area (Å²) in [4.78, 5) is 31.1. The molecular formula is C21H24N4O3. The number of amides is 2. The maximum absolute atomic E-state index is 12.5. The average molecular weight is 380 g/mol. The van der Waals surface area contributed by atoms with Crippen LogP contribution >= 0.6 is 0 Å². The van der Waals surface area contributed by atoms with Crippen LogP contribution < -0.4 is 10.6 Å². The van der Waals surface area contributed by atoms with Gasteiger partial charge in [-0.05, 0) is 37.5 Å². The zero-order chi connectivity index (χ0) is 19.9. The summed E-state index contributed by atoms with van der Waals surface area (Å²) in [5, 5.41) is 14.8. The molecule has 1 heterocycles. The number of para-hydroxylation sites is 2. The van der Waals surface area contributed by atoms with Crippen LogP contribution in [-0.4, -0.2) is 33.1 Å². The number of hydrogen-bond acceptors (Lipinski definition) is 3. The number of rotatable bonds is 8. The second-order valence-corrected chi connectivity index (χ2v) is 6.80. The Morgan fingerprint density at radius 1 is 1.07 bits per heavy atom. The Kier molecular flexibility index (Phi) is 6.26. The number of carbonyl (C=O) groups excluding carboxylic acids is 1. The third-order valence-electron chi connectivity index (χ3n) is 4.53. The van der Waals surface area contributed by atoms with E-state index in [4.69, 9.17) is 5.11 Å². The van der Waals surface area contributed by atoms with Gasteiger partial charge in [-0.3, -0.25) is 4.79 Å². The molecule has 3 aromatic rings. The van der Waals surface area contributed by atoms with Crippen molar-refractivity contribution in [3.63, 3.8) is 0 Å². The number of carboxylic acid groups (broad SMARTS) is 1. The minimum atomic E-state index is -0.879. The number of hydrogen-bond donors (Lipinski definition) is 4. The molecule has 0 aliphatic carbocycles. The highest BCUT2D eigenvalue weighted by molar-refractivity contribution is 5.76. The number of carboxylic acids is 1. The molecule has 7 nitrogen and oxygen atoms in total. The molecule has 2 atom stereocenters. The minimum absolute atomic E-state index is 0.00307. The van der Waals surface area contributed by atoms with Crippen molar-refractivity contribution in [2.24, 2.45) is 0 Å². The molecule has 2 amide bonds. The highest BCUT2D eigenvalue weighted by atomic mass is 16.4. The summed E-state index contributed by atoms with van der Waals surface area (Å²) >= 11 is 0. The maximum Gasteiger partial charge on any atom is 0.315 e. The average Bonchev–Trinajstić information content (AvgIpc) is 3.11. The fraction of sp³-hybridized carbons (Fsp3) is 0.286. The molecular weight excluding hydrogens is 356 g/mol. The molecule has 0 bridgehead atoms. The van der Waals surface area contributed by atoms with Crippen LogP contribution in [0, 0.1) is 0 Å². The van der Waals surface area contributed by atoms with E-state index in [1.54, 1.807) is 0 Å². The summed E-state index contributed by atoms with van der Waals surface area (Å²) in [6, 6.07) is 16.4. The lowest BCUT2D eigenvalue weighted by Crippen LogP contribution is -2.44. The molecule has 4 N–H and O–H groups in total. The molecule has 1 aromatic heterocycles. The highest BCUT2D eigenvalue weighted by Crippen LogP contribution is 2.15. The summed E-state index contributed by atoms with van der Waals surface area (Å²) in [6.07, 6.45) is 0.925. The number of benzene rings is 2. The van der Waals surface area contributed by atoms with Gasteiger partial charge in [0.05, 0.1) is 17.1 Å². The van der Waals surface area contributed by atoms with Crippen LogP contribution in [0.15, 0.2) is 54.6 Å². The molecule has 2 unspecified atom stereocenters. The summed E-state index contributed by atoms with van der Waals surface area (Å²) in [7, 11) is 0. The number of nitrogens with one attached hydrogen (secondary N) is 3. The number of aromatic nitrogens is 2. The first-order chi connectivity index (χ1) is 13.5. The molecule has 0 fully saturated rings. The van der Waals surface area contributed by atoms with Crippen LogP contribution in [-0.2, 0) is 11.2 Å². The van der Waals surface area contributed by atoms with Gasteiger partial charge in [-0.15, -0.1) is 0 Å². The normalized spacial score (nSPS) is 13.0. The van der Waals surface area contributed by atoms with Gasteiger partial charge in [0.25, 0.3) is 0 Å². The molecule has 7 heteroatoms. The van der Waals surface area contributed by atoms with E-state index in [-0.39, 0.29) is 24.5 Å². The second-order valence-electron chi connectivity index (χ2n) is 6.80. The predicted molar refractivity (Wildman–Crippen MR) is 107 cm³/mol. The Morgan fingerprint density at radius 2 is 1.79 bits per heavy atom. The van der Waals surface area contributed by atoms with Crippen molar-refractivity contribution in [2.75, 3.05) is 0 Å². The molecule has 0 aliphatic rings. The molecule has 3 rings (SSSR count). The van der Waals surface area contributed by atoms with Crippen molar-refractivity contribution >= 4 is 23.0 Å². The summed E-state index contributed by atoms with van der Waals surface area (Å²) in [5.41, 5.74) is 2.80. The summed E-state index contributed by atoms with van der Waals surface area (Å²) in [6.45, 7) is 1.85. The van der Waals surface area contributed by atoms with Gasteiger partial charge >= 0.3 is 12.0 Å². The van der Waals surface area contributed by atoms with Gasteiger partial charge in [0.1, 0.15) is 5.82 Å². The minimum Gasteiger partial charge on any atom is -0.481 e. The van der Waals surface area contributed by atoms with Gasteiger partial charge in [-0.1, -0.05) is 42.5 Å². The molecule has 0 radical (unpaired) electrons. The molecule has 2 aromatic carbocycles. The summed E-state index contributed by atoms with van der Waals surface area (Å²) in [5.74, 6) is -0.211. The highest BCUT2D eigenvalue weighted by Gasteiger charge is 2.18. The Labute approximate surface area is 163 Å². The fourth-order valence-electron chi connectivity index (χ4n) is 3.09. The Hall–Kier alpha value is -3.35. The largest absolute Gasteiger partial charge is 0.481 e. The second kappa shape index (κ2) is 9.03. The number of urea groups is 1. The van der Waals surface area contributed by atoms with Crippen molar-refractivity contribution < 1.29 is 14.7 Å². The van der Waals surface area contributed by atoms with E-state index in [0.29, 0.717) is 18.7 Å². The van der Waals surface area contributed by atoms with Crippen molar-refractivity contribution in [1.29, 1.82) is 0 Å². The monoisotopic (exact) mass is 380 g/mol. The van der Waals surface area contributed by atoms with Crippen molar-refractivity contribution in [1.82, 2.24) is 20.6 Å². The first kappa shape index (κ1) is 19.4. The first-order valence-electron chi connectivity index (χ1n) is 9.28. The van der Waals surface area contributed by atoms with Gasteiger partial charge in [-0.2, -0.15) is 0 Å². The van der Waals surface area contributed by atoms with Crippen molar-refractivity contribution in [3.05, 3.63) is 66.0 Å². The van der Waals surface area contributed by atoms with Gasteiger partial charge in [0, 0.05) is 12.5 Å². The van der Waals surface area contributed by atoms with E-state index in [9.17, 15) is 9.59 Å². The molecule has 0 aliphatic heterocycles. The lowest BCUT2D eigenvalue weighted by Gasteiger charge is -2.20. The number of carbonyl (C=O) groups is 2. The number of fused-ring (bicyclic) bond motifs is 1. The van der Waals surface area contributed by atoms with Gasteiger partial charge in [0.2, 0.25) is 0 Å². The third kappa shape index (κ3) is 5.33. The Balaban J connectivity index is 1.62. The smallest absolute Gasteiger partial charge is 0.315 e. The van der Waals surface area contributed by atoms with Crippen LogP contribution in [0.2, 0.25) is 0 Å². The molecule has 28 heavy (non-hydrogen) atoms. The van der Waals surface area contributed by atoms with Crippen LogP contribution in [0.1, 0.15) is 37.2 Å². The zero-order valence-corrected chi connectivity index (χ0v) is 15.7. The van der Waals surface area contributed by atoms with Crippen molar-refractivity contribution in [2.45, 2.75) is 38.3 Å². The zero-order valence-electron chi connectivity index (χ0n) is 15.7. The summed E-state index contributed by atoms with van der Waals surface area (Å²) < 4.78 is 0. The van der Waals surface area contributed by atoms with Crippen LogP contribution in [0.5, 0.6) is 0 Å². The first-order valence-corrected chi connectivity index (χ1v) is 9.28. The van der Waals surface area contributed by atoms with Crippen LogP contribution in [0.25, 0.3) is 11.0 Å². The molecule has 0 saturated heterocycles. The Morgan fingerprint density at radius 3 is 2.50 bits per heavy atom. The predicted octanol–water partition coefficient (Wildman–Crippen LogP) is 3.40. The van der Waals surface area contributed by atoms with Crippen molar-refractivity contribution in [3.8, 4) is 0 Å². The topological polar surface area (TPSA) is 107 Å². The molecule has 146 valence electrons. The van der Waals surface area contributed by atoms with E-state index in [2.05, 4.69) is 20.6 Å². The quantitative estimate of drug-likeness (QED) is 0.480. The molecule has 0 spiro atoms. The Bertz CT molecular complexity index is 906. The number of imidazole rings is 1. The SMILES string of the molecule is CC(NC(=O)NC(CCC(=O)O)Cc1ccccc1)c1nc2ccccc2[nH]1. The fourth-order valence-corrected chi connectivity index (χ4v) is 3.09. The van der Waals surface area contributed by atoms with Gasteiger partial charge in [-0.25, -0.2) is 9.78 Å². The lowest BCUT2D eigenvalue weighted by molar-refractivity contribution is -0.137. The standard InChI is InChI=1S/C21H24N4O3/c1-14(20-24-17-9-5-6-10-18(17)25-20)22-21(28)23-16(11-12-19(26)27)13-15-7-3-2-4-8-15/h2-10,14,16H,11-13H2,1H3,(H,24,25)(H,26,27)(H2,22,23,28). The maximum atomic E-state index is 12.5. The van der Waals surface area contributed by atoms with E-state index in [1.807, 2.05) is 61.5 Å². The van der Waals surface area contributed by atoms with Gasteiger partial charge in [0.15, 0.2) is 0 Å². The third-order valence-corrected chi connectivity index (χ3v) is 4.53. The molecule has 0 saturated carbocycles. The van der Waals surface area contributed by atoms with Crippen LogP contribution in [0.3, 0.4) is 0 Å². The number of H-pyrrole nitrogens is 1. The van der Waals surface area contributed by atoms with E-state index in [0.717, 1.165) is 16.6 Å². The number of nitrogens with zero attached hydrogens (tertiary/aromatic N) is 1. The van der Waals surface area contributed by atoms with E-state index < -0.39 is 5.97 Å². The van der Waals surface area contributed by atoms with E-state index in [1.165, 1.54) is 0 Å². The number of aliphatic carboxylic acids is 1. The van der Waals surface area contributed by atoms with E-state index >= 15 is 0 Å². The number of aromatic amines is 1.